The molecule has 1 heterocycles. The summed E-state index contributed by atoms with van der Waals surface area (Å²) in [5.74, 6) is 0.519. The second kappa shape index (κ2) is 6.03. The third-order valence-corrected chi connectivity index (χ3v) is 3.53. The number of halogens is 2. The van der Waals surface area contributed by atoms with Gasteiger partial charge in [0, 0.05) is 23.2 Å². The zero-order valence-corrected chi connectivity index (χ0v) is 10.7. The van der Waals surface area contributed by atoms with E-state index in [0.717, 1.165) is 12.0 Å². The molecule has 90 valence electrons. The van der Waals surface area contributed by atoms with Crippen LogP contribution in [0.3, 0.4) is 0 Å². The molecule has 0 atom stereocenters. The quantitative estimate of drug-likeness (QED) is 0.738. The zero-order valence-electron chi connectivity index (χ0n) is 9.16. The molecule has 0 spiro atoms. The van der Waals surface area contributed by atoms with Crippen LogP contribution >= 0.6 is 22.9 Å². The summed E-state index contributed by atoms with van der Waals surface area (Å²) in [5.41, 5.74) is 0.734. The first-order valence-electron chi connectivity index (χ1n) is 5.28. The maximum Gasteiger partial charge on any atom is 0.127 e. The number of rotatable bonds is 5. The average molecular weight is 271 g/mol. The predicted molar refractivity (Wildman–Crippen MR) is 69.5 cm³/mol. The molecule has 2 rings (SSSR count). The first kappa shape index (κ1) is 12.4. The average Bonchev–Trinajstić information content (AvgIpc) is 2.81. The fraction of sp³-hybridized carbons (Fsp3) is 0.231. The van der Waals surface area contributed by atoms with Crippen LogP contribution in [0.4, 0.5) is 4.39 Å². The fourth-order valence-electron chi connectivity index (χ4n) is 1.51. The second-order valence-electron chi connectivity index (χ2n) is 3.61. The maximum absolute atomic E-state index is 13.2. The van der Waals surface area contributed by atoms with Gasteiger partial charge in [0.1, 0.15) is 11.6 Å². The van der Waals surface area contributed by atoms with Crippen LogP contribution in [-0.2, 0) is 12.3 Å². The van der Waals surface area contributed by atoms with E-state index < -0.39 is 0 Å². The van der Waals surface area contributed by atoms with E-state index in [4.69, 9.17) is 16.3 Å². The highest BCUT2D eigenvalue weighted by atomic mass is 35.5. The predicted octanol–water partition coefficient (Wildman–Crippen LogP) is 4.25. The van der Waals surface area contributed by atoms with E-state index in [2.05, 4.69) is 6.07 Å². The summed E-state index contributed by atoms with van der Waals surface area (Å²) in [6.07, 6.45) is 0.838. The van der Waals surface area contributed by atoms with Gasteiger partial charge in [0.25, 0.3) is 0 Å². The van der Waals surface area contributed by atoms with Crippen LogP contribution in [0.25, 0.3) is 0 Å². The minimum Gasteiger partial charge on any atom is -0.493 e. The summed E-state index contributed by atoms with van der Waals surface area (Å²) in [4.78, 5) is 1.26. The molecule has 4 heteroatoms. The largest absolute Gasteiger partial charge is 0.493 e. The maximum atomic E-state index is 13.2. The van der Waals surface area contributed by atoms with Crippen molar-refractivity contribution in [3.63, 3.8) is 0 Å². The van der Waals surface area contributed by atoms with Gasteiger partial charge in [0.05, 0.1) is 6.61 Å². The summed E-state index contributed by atoms with van der Waals surface area (Å²) in [6, 6.07) is 8.63. The Kier molecular flexibility index (Phi) is 4.40. The zero-order chi connectivity index (χ0) is 12.1. The lowest BCUT2D eigenvalue weighted by Crippen LogP contribution is -2.00. The van der Waals surface area contributed by atoms with Gasteiger partial charge >= 0.3 is 0 Å². The van der Waals surface area contributed by atoms with Gasteiger partial charge in [0.15, 0.2) is 0 Å². The van der Waals surface area contributed by atoms with Gasteiger partial charge in [-0.3, -0.25) is 0 Å². The topological polar surface area (TPSA) is 9.23 Å². The van der Waals surface area contributed by atoms with E-state index in [1.165, 1.54) is 17.0 Å². The summed E-state index contributed by atoms with van der Waals surface area (Å²) >= 11 is 7.36. The number of benzene rings is 1. The molecule has 0 fully saturated rings. The molecule has 0 amide bonds. The third-order valence-electron chi connectivity index (χ3n) is 2.28. The molecule has 0 N–H and O–H groups in total. The Morgan fingerprint density at radius 1 is 1.29 bits per heavy atom. The third kappa shape index (κ3) is 3.72. The molecule has 0 bridgehead atoms. The van der Waals surface area contributed by atoms with Crippen LogP contribution in [0.15, 0.2) is 35.7 Å². The van der Waals surface area contributed by atoms with Gasteiger partial charge in [-0.2, -0.15) is 0 Å². The summed E-state index contributed by atoms with van der Waals surface area (Å²) in [7, 11) is 0. The van der Waals surface area contributed by atoms with Gasteiger partial charge in [-0.05, 0) is 29.1 Å². The van der Waals surface area contributed by atoms with Crippen molar-refractivity contribution in [1.82, 2.24) is 0 Å². The molecule has 0 aliphatic carbocycles. The molecular formula is C13H12ClFOS. The van der Waals surface area contributed by atoms with Crippen LogP contribution in [0.2, 0.25) is 0 Å². The lowest BCUT2D eigenvalue weighted by molar-refractivity contribution is 0.321. The Morgan fingerprint density at radius 3 is 2.88 bits per heavy atom. The minimum absolute atomic E-state index is 0.291. The Hall–Kier alpha value is -1.06. The van der Waals surface area contributed by atoms with Crippen molar-refractivity contribution in [2.45, 2.75) is 12.3 Å². The SMILES string of the molecule is Fc1cc(CCl)cc(OCCc2cccs2)c1. The number of ether oxygens (including phenoxy) is 1. The van der Waals surface area contributed by atoms with Crippen molar-refractivity contribution in [3.05, 3.63) is 52.0 Å². The van der Waals surface area contributed by atoms with E-state index in [1.807, 2.05) is 11.4 Å². The van der Waals surface area contributed by atoms with Crippen LogP contribution in [0.1, 0.15) is 10.4 Å². The Labute approximate surface area is 109 Å². The van der Waals surface area contributed by atoms with Gasteiger partial charge in [0.2, 0.25) is 0 Å². The van der Waals surface area contributed by atoms with Gasteiger partial charge < -0.3 is 4.74 Å². The molecule has 2 aromatic rings. The Bertz CT molecular complexity index is 470. The van der Waals surface area contributed by atoms with E-state index >= 15 is 0 Å². The lowest BCUT2D eigenvalue weighted by Gasteiger charge is -2.07. The van der Waals surface area contributed by atoms with Crippen molar-refractivity contribution >= 4 is 22.9 Å². The van der Waals surface area contributed by atoms with Crippen molar-refractivity contribution in [1.29, 1.82) is 0 Å². The summed E-state index contributed by atoms with van der Waals surface area (Å²) < 4.78 is 18.7. The Balaban J connectivity index is 1.92. The number of hydrogen-bond acceptors (Lipinski definition) is 2. The monoisotopic (exact) mass is 270 g/mol. The lowest BCUT2D eigenvalue weighted by atomic mass is 10.2. The van der Waals surface area contributed by atoms with Crippen molar-refractivity contribution < 1.29 is 9.13 Å². The summed E-state index contributed by atoms with van der Waals surface area (Å²) in [6.45, 7) is 0.547. The molecule has 0 aliphatic rings. The smallest absolute Gasteiger partial charge is 0.127 e. The molecule has 0 saturated heterocycles. The van der Waals surface area contributed by atoms with E-state index in [0.29, 0.717) is 18.2 Å². The van der Waals surface area contributed by atoms with Crippen molar-refractivity contribution in [3.8, 4) is 5.75 Å². The van der Waals surface area contributed by atoms with Gasteiger partial charge in [-0.25, -0.2) is 4.39 Å². The molecular weight excluding hydrogens is 259 g/mol. The van der Waals surface area contributed by atoms with Gasteiger partial charge in [-0.15, -0.1) is 22.9 Å². The molecule has 0 radical (unpaired) electrons. The highest BCUT2D eigenvalue weighted by molar-refractivity contribution is 7.09. The van der Waals surface area contributed by atoms with Gasteiger partial charge in [-0.1, -0.05) is 6.07 Å². The van der Waals surface area contributed by atoms with Crippen LogP contribution in [0.5, 0.6) is 5.75 Å². The molecule has 1 aromatic carbocycles. The number of thiophene rings is 1. The van der Waals surface area contributed by atoms with Crippen LogP contribution < -0.4 is 4.74 Å². The van der Waals surface area contributed by atoms with E-state index in [-0.39, 0.29) is 5.82 Å². The fourth-order valence-corrected chi connectivity index (χ4v) is 2.35. The molecule has 0 aliphatic heterocycles. The minimum atomic E-state index is -0.311. The van der Waals surface area contributed by atoms with E-state index in [1.54, 1.807) is 17.4 Å². The normalized spacial score (nSPS) is 10.5. The molecule has 1 aromatic heterocycles. The molecule has 17 heavy (non-hydrogen) atoms. The molecule has 0 saturated carbocycles. The standard InChI is InChI=1S/C13H12ClFOS/c14-9-10-6-11(15)8-12(7-10)16-4-3-13-2-1-5-17-13/h1-2,5-8H,3-4,9H2. The van der Waals surface area contributed by atoms with Crippen molar-refractivity contribution in [2.24, 2.45) is 0 Å². The van der Waals surface area contributed by atoms with Crippen LogP contribution in [-0.4, -0.2) is 6.61 Å². The van der Waals surface area contributed by atoms with E-state index in [9.17, 15) is 4.39 Å². The summed E-state index contributed by atoms with van der Waals surface area (Å²) in [5, 5.41) is 2.03. The highest BCUT2D eigenvalue weighted by Crippen LogP contribution is 2.18. The first-order valence-corrected chi connectivity index (χ1v) is 6.70. The second-order valence-corrected chi connectivity index (χ2v) is 4.91. The number of alkyl halides is 1. The first-order chi connectivity index (χ1) is 8.28. The Morgan fingerprint density at radius 2 is 2.18 bits per heavy atom. The highest BCUT2D eigenvalue weighted by Gasteiger charge is 2.02. The molecule has 0 unspecified atom stereocenters. The molecule has 1 nitrogen and oxygen atoms in total. The van der Waals surface area contributed by atoms with Crippen LogP contribution in [0, 0.1) is 5.82 Å². The van der Waals surface area contributed by atoms with Crippen molar-refractivity contribution in [2.75, 3.05) is 6.61 Å². The number of hydrogen-bond donors (Lipinski definition) is 0.